The van der Waals surface area contributed by atoms with E-state index in [0.717, 1.165) is 37.6 Å². The van der Waals surface area contributed by atoms with Crippen LogP contribution in [0, 0.1) is 0 Å². The van der Waals surface area contributed by atoms with Gasteiger partial charge in [0.25, 0.3) is 0 Å². The molecule has 0 N–H and O–H groups in total. The van der Waals surface area contributed by atoms with E-state index in [2.05, 4.69) is 15.9 Å². The average Bonchev–Trinajstić information content (AvgIpc) is 2.99. The van der Waals surface area contributed by atoms with Gasteiger partial charge >= 0.3 is 0 Å². The third-order valence-corrected chi connectivity index (χ3v) is 5.06. The zero-order valence-corrected chi connectivity index (χ0v) is 16.0. The molecule has 0 amide bonds. The molecule has 0 atom stereocenters. The lowest BCUT2D eigenvalue weighted by Crippen LogP contribution is -2.48. The van der Waals surface area contributed by atoms with Crippen molar-refractivity contribution in [3.63, 3.8) is 0 Å². The van der Waals surface area contributed by atoms with Gasteiger partial charge in [-0.1, -0.05) is 12.1 Å². The summed E-state index contributed by atoms with van der Waals surface area (Å²) >= 11 is 0. The Morgan fingerprint density at radius 3 is 2.71 bits per heavy atom. The standard InChI is InChI=1S/C22H24N2O4/c1-26-20-6-3-2-5-18(20)24-11-9-23(10-12-24)16-19(25)17-7-8-21-22(15-17)28-14-4-13-27-21/h2-8,13,15H,9-12,14,16H2,1H3. The maximum absolute atomic E-state index is 12.7. The van der Waals surface area contributed by atoms with Crippen molar-refractivity contribution in [3.8, 4) is 17.2 Å². The number of methoxy groups -OCH3 is 1. The van der Waals surface area contributed by atoms with Gasteiger partial charge in [0.1, 0.15) is 12.4 Å². The molecular weight excluding hydrogens is 356 g/mol. The lowest BCUT2D eigenvalue weighted by molar-refractivity contribution is 0.0926. The molecule has 0 saturated carbocycles. The number of nitrogens with zero attached hydrogens (tertiary/aromatic N) is 2. The highest BCUT2D eigenvalue weighted by Gasteiger charge is 2.22. The van der Waals surface area contributed by atoms with Crippen LogP contribution in [-0.2, 0) is 0 Å². The van der Waals surface area contributed by atoms with Crippen LogP contribution in [0.2, 0.25) is 0 Å². The van der Waals surface area contributed by atoms with E-state index in [0.29, 0.717) is 30.2 Å². The third kappa shape index (κ3) is 3.97. The van der Waals surface area contributed by atoms with Gasteiger partial charge < -0.3 is 19.1 Å². The molecule has 2 aromatic carbocycles. The molecule has 6 nitrogen and oxygen atoms in total. The fourth-order valence-electron chi connectivity index (χ4n) is 3.52. The SMILES string of the molecule is COc1ccccc1N1CCN(CC(=O)c2ccc3c(c2)OCC=CO3)CC1. The molecule has 2 aliphatic rings. The molecule has 2 heterocycles. The predicted octanol–water partition coefficient (Wildman–Crippen LogP) is 2.99. The summed E-state index contributed by atoms with van der Waals surface area (Å²) in [7, 11) is 1.69. The Labute approximate surface area is 164 Å². The first kappa shape index (κ1) is 18.4. The van der Waals surface area contributed by atoms with Crippen LogP contribution in [0.1, 0.15) is 10.4 Å². The number of ketones is 1. The van der Waals surface area contributed by atoms with Crippen molar-refractivity contribution in [1.29, 1.82) is 0 Å². The number of Topliss-reactive ketones (excluding diaryl/α,β-unsaturated/α-hetero) is 1. The summed E-state index contributed by atoms with van der Waals surface area (Å²) in [5, 5.41) is 0. The summed E-state index contributed by atoms with van der Waals surface area (Å²) in [5.74, 6) is 2.22. The fraction of sp³-hybridized carbons (Fsp3) is 0.318. The van der Waals surface area contributed by atoms with Gasteiger partial charge in [0, 0.05) is 31.7 Å². The number of carbonyl (C=O) groups excluding carboxylic acids is 1. The largest absolute Gasteiger partial charge is 0.495 e. The number of benzene rings is 2. The summed E-state index contributed by atoms with van der Waals surface area (Å²) in [4.78, 5) is 17.2. The minimum absolute atomic E-state index is 0.0920. The second kappa shape index (κ2) is 8.35. The van der Waals surface area contributed by atoms with E-state index in [-0.39, 0.29) is 5.78 Å². The Morgan fingerprint density at radius 2 is 1.89 bits per heavy atom. The van der Waals surface area contributed by atoms with Crippen LogP contribution in [0.15, 0.2) is 54.8 Å². The molecule has 4 rings (SSSR count). The molecule has 0 radical (unpaired) electrons. The van der Waals surface area contributed by atoms with Crippen molar-refractivity contribution in [1.82, 2.24) is 4.90 Å². The van der Waals surface area contributed by atoms with Crippen molar-refractivity contribution in [2.24, 2.45) is 0 Å². The van der Waals surface area contributed by atoms with E-state index in [4.69, 9.17) is 14.2 Å². The molecule has 1 fully saturated rings. The summed E-state index contributed by atoms with van der Waals surface area (Å²) in [6, 6.07) is 13.4. The number of carbonyl (C=O) groups is 1. The molecule has 0 spiro atoms. The van der Waals surface area contributed by atoms with Crippen molar-refractivity contribution in [3.05, 3.63) is 60.4 Å². The van der Waals surface area contributed by atoms with Gasteiger partial charge in [-0.25, -0.2) is 0 Å². The van der Waals surface area contributed by atoms with Crippen LogP contribution in [0.3, 0.4) is 0 Å². The van der Waals surface area contributed by atoms with Gasteiger partial charge in [0.15, 0.2) is 17.3 Å². The Bertz CT molecular complexity index is 873. The summed E-state index contributed by atoms with van der Waals surface area (Å²) in [6.45, 7) is 4.23. The highest BCUT2D eigenvalue weighted by atomic mass is 16.5. The van der Waals surface area contributed by atoms with Crippen LogP contribution >= 0.6 is 0 Å². The Hall–Kier alpha value is -2.99. The van der Waals surface area contributed by atoms with E-state index in [1.807, 2.05) is 18.2 Å². The lowest BCUT2D eigenvalue weighted by atomic mass is 10.1. The number of anilines is 1. The molecule has 6 heteroatoms. The molecular formula is C22H24N2O4. The second-order valence-corrected chi connectivity index (χ2v) is 6.82. The van der Waals surface area contributed by atoms with Crippen molar-refractivity contribution < 1.29 is 19.0 Å². The van der Waals surface area contributed by atoms with E-state index < -0.39 is 0 Å². The molecule has 0 aromatic heterocycles. The first-order valence-corrected chi connectivity index (χ1v) is 9.46. The zero-order chi connectivity index (χ0) is 19.3. The van der Waals surface area contributed by atoms with Gasteiger partial charge in [0.2, 0.25) is 0 Å². The first-order chi connectivity index (χ1) is 13.7. The Kier molecular flexibility index (Phi) is 5.48. The highest BCUT2D eigenvalue weighted by Crippen LogP contribution is 2.31. The summed E-state index contributed by atoms with van der Waals surface area (Å²) < 4.78 is 16.5. The minimum atomic E-state index is 0.0920. The van der Waals surface area contributed by atoms with Crippen LogP contribution in [0.25, 0.3) is 0 Å². The molecule has 28 heavy (non-hydrogen) atoms. The number of hydrogen-bond acceptors (Lipinski definition) is 6. The summed E-state index contributed by atoms with van der Waals surface area (Å²) in [5.41, 5.74) is 1.75. The quantitative estimate of drug-likeness (QED) is 0.744. The number of ether oxygens (including phenoxy) is 3. The maximum atomic E-state index is 12.7. The monoisotopic (exact) mass is 380 g/mol. The molecule has 2 aromatic rings. The van der Waals surface area contributed by atoms with E-state index in [1.165, 1.54) is 0 Å². The number of hydrogen-bond donors (Lipinski definition) is 0. The molecule has 0 aliphatic carbocycles. The number of fused-ring (bicyclic) bond motifs is 1. The normalized spacial score (nSPS) is 16.5. The molecule has 2 aliphatic heterocycles. The smallest absolute Gasteiger partial charge is 0.176 e. The van der Waals surface area contributed by atoms with Gasteiger partial charge in [-0.05, 0) is 36.4 Å². The van der Waals surface area contributed by atoms with Gasteiger partial charge in [-0.3, -0.25) is 9.69 Å². The molecule has 0 unspecified atom stereocenters. The third-order valence-electron chi connectivity index (χ3n) is 5.06. The second-order valence-electron chi connectivity index (χ2n) is 6.82. The fourth-order valence-corrected chi connectivity index (χ4v) is 3.52. The van der Waals surface area contributed by atoms with E-state index >= 15 is 0 Å². The highest BCUT2D eigenvalue weighted by molar-refractivity contribution is 5.98. The number of rotatable bonds is 5. The number of piperazine rings is 1. The van der Waals surface area contributed by atoms with Crippen molar-refractivity contribution in [2.45, 2.75) is 0 Å². The topological polar surface area (TPSA) is 51.2 Å². The number of para-hydroxylation sites is 2. The predicted molar refractivity (Wildman–Crippen MR) is 108 cm³/mol. The molecule has 1 saturated heterocycles. The zero-order valence-electron chi connectivity index (χ0n) is 16.0. The van der Waals surface area contributed by atoms with Crippen LogP contribution in [-0.4, -0.2) is 57.1 Å². The van der Waals surface area contributed by atoms with E-state index in [9.17, 15) is 4.79 Å². The Morgan fingerprint density at radius 1 is 1.07 bits per heavy atom. The van der Waals surface area contributed by atoms with Crippen LogP contribution in [0.5, 0.6) is 17.2 Å². The lowest BCUT2D eigenvalue weighted by Gasteiger charge is -2.36. The Balaban J connectivity index is 1.36. The molecule has 0 bridgehead atoms. The first-order valence-electron chi connectivity index (χ1n) is 9.46. The van der Waals surface area contributed by atoms with Crippen molar-refractivity contribution in [2.75, 3.05) is 51.3 Å². The average molecular weight is 380 g/mol. The summed E-state index contributed by atoms with van der Waals surface area (Å²) in [6.07, 6.45) is 3.40. The van der Waals surface area contributed by atoms with Crippen molar-refractivity contribution >= 4 is 11.5 Å². The maximum Gasteiger partial charge on any atom is 0.176 e. The van der Waals surface area contributed by atoms with Crippen LogP contribution in [0.4, 0.5) is 5.69 Å². The van der Waals surface area contributed by atoms with Crippen LogP contribution < -0.4 is 19.1 Å². The van der Waals surface area contributed by atoms with Gasteiger partial charge in [-0.15, -0.1) is 0 Å². The van der Waals surface area contributed by atoms with Gasteiger partial charge in [-0.2, -0.15) is 0 Å². The van der Waals surface area contributed by atoms with E-state index in [1.54, 1.807) is 37.6 Å². The van der Waals surface area contributed by atoms with Gasteiger partial charge in [0.05, 0.1) is 25.6 Å². The minimum Gasteiger partial charge on any atom is -0.495 e. The molecule has 146 valence electrons.